The number of nitrogens with zero attached hydrogens (tertiary/aromatic N) is 1. The molecule has 1 heterocycles. The van der Waals surface area contributed by atoms with E-state index in [1.165, 1.54) is 4.57 Å². The zero-order valence-corrected chi connectivity index (χ0v) is 20.3. The number of hydrogen-bond donors (Lipinski definition) is 5. The second kappa shape index (κ2) is 10.7. The molecule has 2 rings (SSSR count). The Morgan fingerprint density at radius 3 is 2.30 bits per heavy atom. The third-order valence-electron chi connectivity index (χ3n) is 4.92. The summed E-state index contributed by atoms with van der Waals surface area (Å²) in [7, 11) is -4.26. The Hall–Kier alpha value is -2.33. The molecular weight excluding hydrogens is 471 g/mol. The lowest BCUT2D eigenvalue weighted by molar-refractivity contribution is -0.142. The summed E-state index contributed by atoms with van der Waals surface area (Å²) in [4.78, 5) is 54.2. The zero-order valence-electron chi connectivity index (χ0n) is 18.6. The van der Waals surface area contributed by atoms with Gasteiger partial charge >= 0.3 is 19.5 Å². The van der Waals surface area contributed by atoms with Crippen LogP contribution in [0.3, 0.4) is 0 Å². The van der Waals surface area contributed by atoms with E-state index in [0.29, 0.717) is 5.03 Å². The van der Waals surface area contributed by atoms with E-state index in [2.05, 4.69) is 5.32 Å². The van der Waals surface area contributed by atoms with Crippen LogP contribution in [0.15, 0.2) is 35.5 Å². The third-order valence-corrected chi connectivity index (χ3v) is 7.03. The first-order valence-electron chi connectivity index (χ1n) is 10.2. The number of nitrogens with one attached hydrogen (secondary N) is 1. The molecule has 0 saturated carbocycles. The smallest absolute Gasteiger partial charge is 0.327 e. The second-order valence-corrected chi connectivity index (χ2v) is 11.5. The standard InChI is InChI=1S/C21H29N2O8PS/c1-21(2,3)20(28)22-15(18(24)25)12-33-17-14-8-5-4-7-13(14)11-23(17)16(19(26)27)9-6-10-32(29,30)31/h4-5,7-8,11,15-16H,6,9-10,12H2,1-3H3,(H,22,28)(H,24,25)(H,26,27)(H2,29,30,31)/t15-,16?/m0/s1. The summed E-state index contributed by atoms with van der Waals surface area (Å²) in [6.45, 7) is 5.01. The van der Waals surface area contributed by atoms with Gasteiger partial charge in [0.25, 0.3) is 0 Å². The van der Waals surface area contributed by atoms with E-state index in [1.54, 1.807) is 51.2 Å². The molecule has 12 heteroatoms. The van der Waals surface area contributed by atoms with Crippen molar-refractivity contribution in [3.63, 3.8) is 0 Å². The maximum Gasteiger partial charge on any atom is 0.327 e. The highest BCUT2D eigenvalue weighted by Gasteiger charge is 2.29. The zero-order chi connectivity index (χ0) is 25.0. The molecule has 0 bridgehead atoms. The van der Waals surface area contributed by atoms with Crippen molar-refractivity contribution in [1.29, 1.82) is 0 Å². The molecule has 0 fully saturated rings. The molecule has 2 aromatic rings. The molecule has 1 aromatic heterocycles. The minimum Gasteiger partial charge on any atom is -0.480 e. The number of thioether (sulfide) groups is 1. The van der Waals surface area contributed by atoms with Gasteiger partial charge in [0.1, 0.15) is 12.1 Å². The molecule has 33 heavy (non-hydrogen) atoms. The van der Waals surface area contributed by atoms with Gasteiger partial charge in [0.15, 0.2) is 0 Å². The molecule has 0 aliphatic heterocycles. The predicted octanol–water partition coefficient (Wildman–Crippen LogP) is 2.93. The van der Waals surface area contributed by atoms with Crippen LogP contribution < -0.4 is 5.32 Å². The molecule has 1 amide bonds. The van der Waals surface area contributed by atoms with Gasteiger partial charge in [-0.2, -0.15) is 0 Å². The Bertz CT molecular complexity index is 1070. The number of carbonyl (C=O) groups excluding carboxylic acids is 1. The highest BCUT2D eigenvalue weighted by molar-refractivity contribution is 7.99. The van der Waals surface area contributed by atoms with Gasteiger partial charge in [-0.1, -0.05) is 45.0 Å². The van der Waals surface area contributed by atoms with Crippen molar-refractivity contribution in [3.05, 3.63) is 30.5 Å². The minimum atomic E-state index is -4.26. The number of aromatic nitrogens is 1. The van der Waals surface area contributed by atoms with Crippen LogP contribution in [0.1, 0.15) is 39.7 Å². The predicted molar refractivity (Wildman–Crippen MR) is 125 cm³/mol. The molecule has 0 saturated heterocycles. The number of carbonyl (C=O) groups is 3. The van der Waals surface area contributed by atoms with Crippen LogP contribution >= 0.6 is 19.4 Å². The van der Waals surface area contributed by atoms with E-state index < -0.39 is 49.1 Å². The van der Waals surface area contributed by atoms with E-state index in [0.717, 1.165) is 22.5 Å². The Morgan fingerprint density at radius 1 is 1.12 bits per heavy atom. The minimum absolute atomic E-state index is 0.000727. The average Bonchev–Trinajstić information content (AvgIpc) is 3.04. The number of amides is 1. The molecule has 0 aliphatic carbocycles. The van der Waals surface area contributed by atoms with E-state index in [-0.39, 0.29) is 18.6 Å². The van der Waals surface area contributed by atoms with Crippen molar-refractivity contribution in [3.8, 4) is 0 Å². The van der Waals surface area contributed by atoms with E-state index >= 15 is 0 Å². The lowest BCUT2D eigenvalue weighted by Gasteiger charge is -2.22. The summed E-state index contributed by atoms with van der Waals surface area (Å²) >= 11 is 1.11. The van der Waals surface area contributed by atoms with Gasteiger partial charge in [-0.05, 0) is 12.8 Å². The van der Waals surface area contributed by atoms with Crippen molar-refractivity contribution >= 4 is 48.0 Å². The Balaban J connectivity index is 2.35. The van der Waals surface area contributed by atoms with Crippen LogP contribution in [0.4, 0.5) is 0 Å². The highest BCUT2D eigenvalue weighted by Crippen LogP contribution is 2.38. The average molecular weight is 501 g/mol. The fourth-order valence-electron chi connectivity index (χ4n) is 3.12. The van der Waals surface area contributed by atoms with E-state index in [9.17, 15) is 29.2 Å². The van der Waals surface area contributed by atoms with Crippen molar-refractivity contribution in [2.45, 2.75) is 50.7 Å². The molecule has 2 atom stereocenters. The quantitative estimate of drug-likeness (QED) is 0.230. The summed E-state index contributed by atoms with van der Waals surface area (Å²) in [6, 6.07) is 4.85. The normalized spacial score (nSPS) is 14.1. The summed E-state index contributed by atoms with van der Waals surface area (Å²) < 4.78 is 12.7. The van der Waals surface area contributed by atoms with Gasteiger partial charge in [-0.25, -0.2) is 9.59 Å². The maximum atomic E-state index is 12.3. The fourth-order valence-corrected chi connectivity index (χ4v) is 4.93. The molecule has 10 nitrogen and oxygen atoms in total. The molecular formula is C21H29N2O8PS. The Labute approximate surface area is 195 Å². The van der Waals surface area contributed by atoms with Gasteiger partial charge in [0.05, 0.1) is 5.03 Å². The first kappa shape index (κ1) is 26.9. The SMILES string of the molecule is CC(C)(C)C(=O)N[C@@H](CSc1c2ccccc2cn1C(CCCP(=O)(O)O)C(=O)O)C(=O)O. The lowest BCUT2D eigenvalue weighted by atomic mass is 9.95. The summed E-state index contributed by atoms with van der Waals surface area (Å²) in [5.41, 5.74) is -0.779. The van der Waals surface area contributed by atoms with Crippen LogP contribution in [0, 0.1) is 5.41 Å². The molecule has 5 N–H and O–H groups in total. The van der Waals surface area contributed by atoms with Crippen LogP contribution in [0.2, 0.25) is 0 Å². The van der Waals surface area contributed by atoms with Gasteiger partial charge < -0.3 is 29.9 Å². The molecule has 0 radical (unpaired) electrons. The third kappa shape index (κ3) is 7.60. The van der Waals surface area contributed by atoms with Crippen molar-refractivity contribution in [2.24, 2.45) is 5.41 Å². The largest absolute Gasteiger partial charge is 0.480 e. The van der Waals surface area contributed by atoms with E-state index in [4.69, 9.17) is 9.79 Å². The van der Waals surface area contributed by atoms with Crippen LogP contribution in [0.25, 0.3) is 10.8 Å². The highest BCUT2D eigenvalue weighted by atomic mass is 32.2. The molecule has 0 spiro atoms. The lowest BCUT2D eigenvalue weighted by Crippen LogP contribution is -2.47. The van der Waals surface area contributed by atoms with Crippen molar-refractivity contribution in [2.75, 3.05) is 11.9 Å². The van der Waals surface area contributed by atoms with Gasteiger partial charge in [0, 0.05) is 34.3 Å². The molecule has 0 aliphatic rings. The molecule has 1 aromatic carbocycles. The number of benzene rings is 1. The van der Waals surface area contributed by atoms with Gasteiger partial charge in [-0.3, -0.25) is 9.36 Å². The van der Waals surface area contributed by atoms with Crippen LogP contribution in [-0.2, 0) is 18.9 Å². The Morgan fingerprint density at radius 2 is 1.76 bits per heavy atom. The second-order valence-electron chi connectivity index (χ2n) is 8.74. The first-order valence-corrected chi connectivity index (χ1v) is 13.0. The first-order chi connectivity index (χ1) is 15.2. The Kier molecular flexibility index (Phi) is 8.75. The number of fused-ring (bicyclic) bond motifs is 1. The summed E-state index contributed by atoms with van der Waals surface area (Å²) in [5.74, 6) is -2.84. The van der Waals surface area contributed by atoms with Gasteiger partial charge in [0.2, 0.25) is 5.91 Å². The monoisotopic (exact) mass is 500 g/mol. The van der Waals surface area contributed by atoms with Gasteiger partial charge in [-0.15, -0.1) is 11.8 Å². The van der Waals surface area contributed by atoms with Crippen LogP contribution in [-0.4, -0.2) is 60.4 Å². The van der Waals surface area contributed by atoms with Crippen molar-refractivity contribution < 1.29 is 38.9 Å². The number of aliphatic carboxylic acids is 2. The molecule has 1 unspecified atom stereocenters. The number of rotatable bonds is 11. The van der Waals surface area contributed by atoms with E-state index in [1.807, 2.05) is 0 Å². The maximum absolute atomic E-state index is 12.3. The topological polar surface area (TPSA) is 166 Å². The van der Waals surface area contributed by atoms with Crippen LogP contribution in [0.5, 0.6) is 0 Å². The summed E-state index contributed by atoms with van der Waals surface area (Å²) in [6.07, 6.45) is 1.19. The number of carboxylic acid groups (broad SMARTS) is 2. The summed E-state index contributed by atoms with van der Waals surface area (Å²) in [5, 5.41) is 23.9. The van der Waals surface area contributed by atoms with Crippen molar-refractivity contribution in [1.82, 2.24) is 9.88 Å². The number of hydrogen-bond acceptors (Lipinski definition) is 5. The molecule has 182 valence electrons. The number of carboxylic acids is 2. The fraction of sp³-hybridized carbons (Fsp3) is 0.476.